The van der Waals surface area contributed by atoms with Crippen molar-refractivity contribution in [2.24, 2.45) is 0 Å². The lowest BCUT2D eigenvalue weighted by atomic mass is 10.5. The molecule has 0 saturated carbocycles. The van der Waals surface area contributed by atoms with E-state index < -0.39 is 22.0 Å². The molecule has 0 spiro atoms. The van der Waals surface area contributed by atoms with Crippen LogP contribution in [0.3, 0.4) is 0 Å². The largest absolute Gasteiger partial charge is 0.428 e. The molecule has 4 nitrogen and oxygen atoms in total. The van der Waals surface area contributed by atoms with Gasteiger partial charge in [0.2, 0.25) is 0 Å². The maximum atomic E-state index is 10.7. The molecule has 14 heavy (non-hydrogen) atoms. The number of halogens is 4. The highest BCUT2D eigenvalue weighted by molar-refractivity contribution is 6.44. The lowest BCUT2D eigenvalue weighted by Crippen LogP contribution is -2.07. The second kappa shape index (κ2) is 7.17. The summed E-state index contributed by atoms with van der Waals surface area (Å²) in [6.07, 6.45) is 1.55. The first-order valence-corrected chi connectivity index (χ1v) is 4.82. The number of ether oxygens (including phenoxy) is 2. The van der Waals surface area contributed by atoms with Crippen LogP contribution in [0.25, 0.3) is 0 Å². The molecule has 0 aliphatic rings. The first-order valence-electron chi connectivity index (χ1n) is 3.07. The highest BCUT2D eigenvalue weighted by atomic mass is 35.5. The van der Waals surface area contributed by atoms with Gasteiger partial charge in [-0.2, -0.15) is 0 Å². The van der Waals surface area contributed by atoms with Crippen molar-refractivity contribution in [3.63, 3.8) is 0 Å². The Labute approximate surface area is 99.6 Å². The standard InChI is InChI=1S/C6H4Cl4O4/c7-5(8)13-3(11)1-2-4(12)14-6(9)10/h1-2,5-6H/b2-1-. The van der Waals surface area contributed by atoms with Crippen LogP contribution in [-0.2, 0) is 19.1 Å². The Bertz CT molecular complexity index is 214. The molecule has 0 aromatic rings. The third-order valence-electron chi connectivity index (χ3n) is 0.766. The van der Waals surface area contributed by atoms with E-state index in [-0.39, 0.29) is 0 Å². The molecule has 0 heterocycles. The molecule has 0 aliphatic carbocycles. The number of alkyl halides is 4. The Balaban J connectivity index is 3.92. The molecule has 0 bridgehead atoms. The van der Waals surface area contributed by atoms with Crippen LogP contribution in [0.1, 0.15) is 0 Å². The van der Waals surface area contributed by atoms with Gasteiger partial charge in [0.25, 0.3) is 10.0 Å². The maximum absolute atomic E-state index is 10.7. The van der Waals surface area contributed by atoms with Crippen molar-refractivity contribution in [1.82, 2.24) is 0 Å². The van der Waals surface area contributed by atoms with Gasteiger partial charge in [-0.25, -0.2) is 9.59 Å². The molecule has 0 aromatic carbocycles. The van der Waals surface area contributed by atoms with Gasteiger partial charge in [-0.3, -0.25) is 0 Å². The monoisotopic (exact) mass is 280 g/mol. The minimum Gasteiger partial charge on any atom is -0.428 e. The second-order valence-corrected chi connectivity index (χ2v) is 3.76. The van der Waals surface area contributed by atoms with E-state index in [0.717, 1.165) is 12.2 Å². The fourth-order valence-electron chi connectivity index (χ4n) is 0.390. The Hall–Kier alpha value is -0.160. The van der Waals surface area contributed by atoms with Gasteiger partial charge in [0.1, 0.15) is 0 Å². The third-order valence-corrected chi connectivity index (χ3v) is 1.12. The van der Waals surface area contributed by atoms with Crippen molar-refractivity contribution in [3.05, 3.63) is 12.2 Å². The summed E-state index contributed by atoms with van der Waals surface area (Å²) in [5.41, 5.74) is 0. The van der Waals surface area contributed by atoms with Crippen molar-refractivity contribution < 1.29 is 19.1 Å². The molecule has 0 unspecified atom stereocenters. The zero-order chi connectivity index (χ0) is 11.1. The van der Waals surface area contributed by atoms with E-state index in [1.807, 2.05) is 0 Å². The van der Waals surface area contributed by atoms with Gasteiger partial charge in [0, 0.05) is 12.2 Å². The van der Waals surface area contributed by atoms with Crippen LogP contribution in [0.4, 0.5) is 0 Å². The molecule has 0 amide bonds. The number of carbonyl (C=O) groups excluding carboxylic acids is 2. The van der Waals surface area contributed by atoms with Crippen molar-refractivity contribution in [3.8, 4) is 0 Å². The molecular formula is C6H4Cl4O4. The van der Waals surface area contributed by atoms with Crippen LogP contribution >= 0.6 is 46.4 Å². The highest BCUT2D eigenvalue weighted by Crippen LogP contribution is 2.05. The van der Waals surface area contributed by atoms with Crippen LogP contribution in [0.5, 0.6) is 0 Å². The first kappa shape index (κ1) is 13.8. The predicted octanol–water partition coefficient (Wildman–Crippen LogP) is 2.15. The summed E-state index contributed by atoms with van der Waals surface area (Å²) in [6.45, 7) is 0. The summed E-state index contributed by atoms with van der Waals surface area (Å²) >= 11 is 20.4. The molecule has 0 N–H and O–H groups in total. The first-order chi connectivity index (χ1) is 6.41. The predicted molar refractivity (Wildman–Crippen MR) is 52.3 cm³/mol. The van der Waals surface area contributed by atoms with Crippen molar-refractivity contribution >= 4 is 58.3 Å². The van der Waals surface area contributed by atoms with E-state index in [0.29, 0.717) is 0 Å². The lowest BCUT2D eigenvalue weighted by Gasteiger charge is -2.01. The maximum Gasteiger partial charge on any atom is 0.333 e. The number of carbonyl (C=O) groups is 2. The lowest BCUT2D eigenvalue weighted by molar-refractivity contribution is -0.139. The second-order valence-electron chi connectivity index (χ2n) is 1.73. The molecular weight excluding hydrogens is 278 g/mol. The van der Waals surface area contributed by atoms with Gasteiger partial charge in [0.15, 0.2) is 0 Å². The van der Waals surface area contributed by atoms with Gasteiger partial charge < -0.3 is 9.47 Å². The quantitative estimate of drug-likeness (QED) is 0.450. The van der Waals surface area contributed by atoms with Gasteiger partial charge in [-0.15, -0.1) is 0 Å². The molecule has 8 heteroatoms. The van der Waals surface area contributed by atoms with E-state index in [2.05, 4.69) is 9.47 Å². The topological polar surface area (TPSA) is 52.6 Å². The van der Waals surface area contributed by atoms with Gasteiger partial charge >= 0.3 is 11.9 Å². The minimum absolute atomic E-state index is 0.774. The van der Waals surface area contributed by atoms with Crippen molar-refractivity contribution in [1.29, 1.82) is 0 Å². The van der Waals surface area contributed by atoms with E-state index >= 15 is 0 Å². The fraction of sp³-hybridized carbons (Fsp3) is 0.333. The Morgan fingerprint density at radius 1 is 0.857 bits per heavy atom. The Kier molecular flexibility index (Phi) is 7.09. The molecule has 0 radical (unpaired) electrons. The van der Waals surface area contributed by atoms with E-state index in [9.17, 15) is 9.59 Å². The number of hydrogen-bond donors (Lipinski definition) is 0. The molecule has 0 atom stereocenters. The van der Waals surface area contributed by atoms with Crippen molar-refractivity contribution in [2.75, 3.05) is 0 Å². The van der Waals surface area contributed by atoms with E-state index in [1.165, 1.54) is 0 Å². The number of hydrogen-bond acceptors (Lipinski definition) is 4. The molecule has 0 fully saturated rings. The van der Waals surface area contributed by atoms with E-state index in [1.54, 1.807) is 0 Å². The van der Waals surface area contributed by atoms with Crippen LogP contribution in [0.2, 0.25) is 0 Å². The third kappa shape index (κ3) is 8.44. The molecule has 0 saturated heterocycles. The summed E-state index contributed by atoms with van der Waals surface area (Å²) in [6, 6.07) is 0. The summed E-state index contributed by atoms with van der Waals surface area (Å²) in [5, 5.41) is -2.59. The summed E-state index contributed by atoms with van der Waals surface area (Å²) in [7, 11) is 0. The number of esters is 2. The smallest absolute Gasteiger partial charge is 0.333 e. The highest BCUT2D eigenvalue weighted by Gasteiger charge is 2.07. The van der Waals surface area contributed by atoms with Gasteiger partial charge in [0.05, 0.1) is 0 Å². The fourth-order valence-corrected chi connectivity index (χ4v) is 0.741. The zero-order valence-electron chi connectivity index (χ0n) is 6.45. The van der Waals surface area contributed by atoms with Crippen LogP contribution in [-0.4, -0.2) is 22.0 Å². The molecule has 0 aromatic heterocycles. The molecule has 0 aliphatic heterocycles. The van der Waals surface area contributed by atoms with Crippen LogP contribution in [0, 0.1) is 0 Å². The average molecular weight is 282 g/mol. The Morgan fingerprint density at radius 3 is 1.36 bits per heavy atom. The summed E-state index contributed by atoms with van der Waals surface area (Å²) in [4.78, 5) is 21.4. The minimum atomic E-state index is -1.29. The molecule has 0 rings (SSSR count). The van der Waals surface area contributed by atoms with E-state index in [4.69, 9.17) is 46.4 Å². The van der Waals surface area contributed by atoms with Crippen LogP contribution < -0.4 is 0 Å². The summed E-state index contributed by atoms with van der Waals surface area (Å²) < 4.78 is 8.47. The van der Waals surface area contributed by atoms with Gasteiger partial charge in [-0.1, -0.05) is 46.4 Å². The van der Waals surface area contributed by atoms with Gasteiger partial charge in [-0.05, 0) is 0 Å². The average Bonchev–Trinajstić information content (AvgIpc) is 1.98. The van der Waals surface area contributed by atoms with Crippen molar-refractivity contribution in [2.45, 2.75) is 10.0 Å². The SMILES string of the molecule is O=C(/C=C\C(=O)OC(Cl)Cl)OC(Cl)Cl. The van der Waals surface area contributed by atoms with Crippen LogP contribution in [0.15, 0.2) is 12.2 Å². The summed E-state index contributed by atoms with van der Waals surface area (Å²) in [5.74, 6) is -1.78. The number of rotatable bonds is 4. The molecule has 80 valence electrons. The normalized spacial score (nSPS) is 11.0. The zero-order valence-corrected chi connectivity index (χ0v) is 9.48. The Morgan fingerprint density at radius 2 is 1.14 bits per heavy atom.